The molecule has 16 heteroatoms. The van der Waals surface area contributed by atoms with Crippen LogP contribution in [0.15, 0.2) is 60.7 Å². The van der Waals surface area contributed by atoms with Crippen molar-refractivity contribution in [1.82, 2.24) is 0 Å². The van der Waals surface area contributed by atoms with Gasteiger partial charge in [-0.2, -0.15) is 0 Å². The van der Waals surface area contributed by atoms with Crippen LogP contribution in [0, 0.1) is 20.2 Å². The molecule has 0 atom stereocenters. The first-order valence-electron chi connectivity index (χ1n) is 9.80. The summed E-state index contributed by atoms with van der Waals surface area (Å²) in [6, 6.07) is 10.5. The van der Waals surface area contributed by atoms with Crippen LogP contribution >= 0.6 is 0 Å². The number of benzene rings is 3. The standard InChI is InChI=1S/C20H14B2N2O12/c25-19(11-4-13(21(27)28)8-15(6-11)23(31)32)35-17-2-1-3-18(10-17)36-20(26)12-5-14(22(29)30)9-16(7-12)24(33)34/h1-10,27-30H. The van der Waals surface area contributed by atoms with Crippen LogP contribution in [0.4, 0.5) is 11.4 Å². The van der Waals surface area contributed by atoms with E-state index in [0.717, 1.165) is 42.5 Å². The van der Waals surface area contributed by atoms with Crippen LogP contribution in [-0.4, -0.2) is 56.1 Å². The van der Waals surface area contributed by atoms with Crippen molar-refractivity contribution in [1.29, 1.82) is 0 Å². The van der Waals surface area contributed by atoms with Gasteiger partial charge in [-0.1, -0.05) is 6.07 Å². The van der Waals surface area contributed by atoms with Gasteiger partial charge in [-0.3, -0.25) is 20.2 Å². The van der Waals surface area contributed by atoms with Gasteiger partial charge in [-0.15, -0.1) is 0 Å². The van der Waals surface area contributed by atoms with Gasteiger partial charge in [0, 0.05) is 30.3 Å². The highest BCUT2D eigenvalue weighted by Gasteiger charge is 2.23. The molecule has 0 aliphatic rings. The van der Waals surface area contributed by atoms with Gasteiger partial charge in [-0.25, -0.2) is 9.59 Å². The molecule has 0 bridgehead atoms. The van der Waals surface area contributed by atoms with Crippen molar-refractivity contribution in [2.45, 2.75) is 0 Å². The van der Waals surface area contributed by atoms with Crippen LogP contribution in [0.1, 0.15) is 20.7 Å². The van der Waals surface area contributed by atoms with Crippen molar-refractivity contribution in [2.24, 2.45) is 0 Å². The molecule has 3 rings (SSSR count). The predicted octanol–water partition coefficient (Wildman–Crippen LogP) is -0.699. The summed E-state index contributed by atoms with van der Waals surface area (Å²) >= 11 is 0. The fourth-order valence-electron chi connectivity index (χ4n) is 2.95. The molecule has 0 heterocycles. The molecule has 4 N–H and O–H groups in total. The van der Waals surface area contributed by atoms with Gasteiger partial charge in [0.15, 0.2) is 0 Å². The van der Waals surface area contributed by atoms with Gasteiger partial charge >= 0.3 is 26.2 Å². The van der Waals surface area contributed by atoms with Gasteiger partial charge in [0.25, 0.3) is 11.4 Å². The smallest absolute Gasteiger partial charge is 0.423 e. The lowest BCUT2D eigenvalue weighted by atomic mass is 9.79. The highest BCUT2D eigenvalue weighted by molar-refractivity contribution is 6.59. The van der Waals surface area contributed by atoms with Gasteiger partial charge < -0.3 is 29.6 Å². The van der Waals surface area contributed by atoms with E-state index >= 15 is 0 Å². The fraction of sp³-hybridized carbons (Fsp3) is 0. The van der Waals surface area contributed by atoms with Crippen molar-refractivity contribution in [2.75, 3.05) is 0 Å². The maximum atomic E-state index is 12.5. The minimum atomic E-state index is -2.08. The summed E-state index contributed by atoms with van der Waals surface area (Å²) < 4.78 is 10.3. The van der Waals surface area contributed by atoms with Crippen LogP contribution in [-0.2, 0) is 0 Å². The van der Waals surface area contributed by atoms with E-state index in [4.69, 9.17) is 9.47 Å². The van der Waals surface area contributed by atoms with E-state index in [1.54, 1.807) is 0 Å². The van der Waals surface area contributed by atoms with Crippen molar-refractivity contribution >= 4 is 48.5 Å². The summed E-state index contributed by atoms with van der Waals surface area (Å²) in [5.41, 5.74) is -2.52. The zero-order valence-electron chi connectivity index (χ0n) is 17.9. The third-order valence-electron chi connectivity index (χ3n) is 4.60. The Bertz CT molecular complexity index is 1260. The van der Waals surface area contributed by atoms with E-state index in [1.807, 2.05) is 0 Å². The molecular formula is C20H14B2N2O12. The van der Waals surface area contributed by atoms with Gasteiger partial charge in [-0.05, 0) is 35.2 Å². The summed E-state index contributed by atoms with van der Waals surface area (Å²) in [6.45, 7) is 0. The number of nitrogens with zero attached hydrogens (tertiary/aromatic N) is 2. The van der Waals surface area contributed by atoms with E-state index in [2.05, 4.69) is 0 Å². The molecular weight excluding hydrogens is 482 g/mol. The Morgan fingerprint density at radius 3 is 1.39 bits per heavy atom. The van der Waals surface area contributed by atoms with Crippen molar-refractivity contribution < 1.29 is 49.0 Å². The molecule has 3 aromatic carbocycles. The Kier molecular flexibility index (Phi) is 7.76. The minimum Gasteiger partial charge on any atom is -0.423 e. The molecule has 0 saturated heterocycles. The first-order chi connectivity index (χ1) is 16.9. The Labute approximate surface area is 201 Å². The quantitative estimate of drug-likeness (QED) is 0.100. The van der Waals surface area contributed by atoms with E-state index in [0.29, 0.717) is 0 Å². The van der Waals surface area contributed by atoms with Crippen molar-refractivity contribution in [3.8, 4) is 11.5 Å². The first-order valence-corrected chi connectivity index (χ1v) is 9.80. The molecule has 182 valence electrons. The molecule has 0 radical (unpaired) electrons. The molecule has 14 nitrogen and oxygen atoms in total. The Hall–Kier alpha value is -4.63. The molecule has 0 saturated carbocycles. The second-order valence-corrected chi connectivity index (χ2v) is 7.14. The molecule has 3 aromatic rings. The normalized spacial score (nSPS) is 10.3. The molecule has 0 unspecified atom stereocenters. The molecule has 36 heavy (non-hydrogen) atoms. The average Bonchev–Trinajstić information content (AvgIpc) is 2.83. The van der Waals surface area contributed by atoms with E-state index < -0.39 is 47.4 Å². The number of carbonyl (C=O) groups is 2. The molecule has 0 spiro atoms. The van der Waals surface area contributed by atoms with Crippen LogP contribution < -0.4 is 20.4 Å². The summed E-state index contributed by atoms with van der Waals surface area (Å²) in [4.78, 5) is 45.5. The zero-order chi connectivity index (χ0) is 26.6. The largest absolute Gasteiger partial charge is 0.488 e. The number of carbonyl (C=O) groups excluding carboxylic acids is 2. The number of esters is 2. The van der Waals surface area contributed by atoms with E-state index in [1.165, 1.54) is 18.2 Å². The Morgan fingerprint density at radius 2 is 1.06 bits per heavy atom. The lowest BCUT2D eigenvalue weighted by Gasteiger charge is -2.09. The molecule has 0 amide bonds. The van der Waals surface area contributed by atoms with E-state index in [9.17, 15) is 49.9 Å². The second kappa shape index (κ2) is 10.7. The maximum Gasteiger partial charge on any atom is 0.488 e. The fourth-order valence-corrected chi connectivity index (χ4v) is 2.95. The van der Waals surface area contributed by atoms with Gasteiger partial charge in [0.05, 0.1) is 21.0 Å². The minimum absolute atomic E-state index is 0.159. The van der Waals surface area contributed by atoms with Crippen LogP contribution in [0.25, 0.3) is 0 Å². The van der Waals surface area contributed by atoms with Crippen LogP contribution in [0.3, 0.4) is 0 Å². The molecule has 0 aliphatic heterocycles. The Balaban J connectivity index is 1.82. The molecule has 0 fully saturated rings. The third-order valence-corrected chi connectivity index (χ3v) is 4.60. The highest BCUT2D eigenvalue weighted by atomic mass is 16.6. The van der Waals surface area contributed by atoms with Crippen LogP contribution in [0.5, 0.6) is 11.5 Å². The number of ether oxygens (including phenoxy) is 2. The maximum absolute atomic E-state index is 12.5. The lowest BCUT2D eigenvalue weighted by molar-refractivity contribution is -0.385. The zero-order valence-corrected chi connectivity index (χ0v) is 17.9. The lowest BCUT2D eigenvalue weighted by Crippen LogP contribution is -2.31. The second-order valence-electron chi connectivity index (χ2n) is 7.14. The molecule has 0 aromatic heterocycles. The SMILES string of the molecule is O=C(Oc1cccc(OC(=O)c2cc(B(O)O)cc([N+](=O)[O-])c2)c1)c1cc(B(O)O)cc([N+](=O)[O-])c1. The highest BCUT2D eigenvalue weighted by Crippen LogP contribution is 2.23. The Morgan fingerprint density at radius 1 is 0.667 bits per heavy atom. The topological polar surface area (TPSA) is 220 Å². The summed E-state index contributed by atoms with van der Waals surface area (Å²) in [7, 11) is -4.17. The number of nitro groups is 2. The van der Waals surface area contributed by atoms with Gasteiger partial charge in [0.2, 0.25) is 0 Å². The molecule has 0 aliphatic carbocycles. The van der Waals surface area contributed by atoms with Gasteiger partial charge in [0.1, 0.15) is 11.5 Å². The van der Waals surface area contributed by atoms with Crippen molar-refractivity contribution in [3.63, 3.8) is 0 Å². The van der Waals surface area contributed by atoms with Crippen molar-refractivity contribution in [3.05, 3.63) is 92.0 Å². The summed E-state index contributed by atoms with van der Waals surface area (Å²) in [5, 5.41) is 59.3. The monoisotopic (exact) mass is 496 g/mol. The number of hydrogen-bond donors (Lipinski definition) is 4. The number of non-ortho nitro benzene ring substituents is 2. The number of rotatable bonds is 8. The average molecular weight is 496 g/mol. The van der Waals surface area contributed by atoms with E-state index in [-0.39, 0.29) is 33.6 Å². The first kappa shape index (κ1) is 26.0. The van der Waals surface area contributed by atoms with Crippen LogP contribution in [0.2, 0.25) is 0 Å². The number of hydrogen-bond acceptors (Lipinski definition) is 12. The summed E-state index contributed by atoms with van der Waals surface area (Å²) in [6.07, 6.45) is 0. The number of nitro benzene ring substituents is 2. The third kappa shape index (κ3) is 6.28. The summed E-state index contributed by atoms with van der Waals surface area (Å²) in [5.74, 6) is -2.50. The predicted molar refractivity (Wildman–Crippen MR) is 122 cm³/mol.